The summed E-state index contributed by atoms with van der Waals surface area (Å²) < 4.78 is 16.5. The smallest absolute Gasteiger partial charge is 0.241 e. The van der Waals surface area contributed by atoms with E-state index in [4.69, 9.17) is 25.6 Å². The Morgan fingerprint density at radius 1 is 1.18 bits per heavy atom. The van der Waals surface area contributed by atoms with Crippen LogP contribution in [0.3, 0.4) is 0 Å². The largest absolute Gasteiger partial charge is 0.493 e. The van der Waals surface area contributed by atoms with Crippen molar-refractivity contribution in [2.45, 2.75) is 32.4 Å². The van der Waals surface area contributed by atoms with Crippen LogP contribution in [0.1, 0.15) is 25.7 Å². The average molecular weight is 485 g/mol. The number of hydrogen-bond donors (Lipinski definition) is 1. The van der Waals surface area contributed by atoms with Crippen LogP contribution in [0.4, 0.5) is 0 Å². The zero-order chi connectivity index (χ0) is 23.9. The molecule has 9 heteroatoms. The molecule has 1 N–H and O–H groups in total. The van der Waals surface area contributed by atoms with Gasteiger partial charge in [-0.15, -0.1) is 0 Å². The summed E-state index contributed by atoms with van der Waals surface area (Å²) in [5, 5.41) is 7.81. The first-order valence-corrected chi connectivity index (χ1v) is 11.8. The van der Waals surface area contributed by atoms with Crippen LogP contribution in [0, 0.1) is 5.92 Å². The molecule has 2 heterocycles. The molecular weight excluding hydrogens is 456 g/mol. The monoisotopic (exact) mass is 484 g/mol. The molecule has 1 aromatic heterocycles. The van der Waals surface area contributed by atoms with Crippen molar-refractivity contribution >= 4 is 17.5 Å². The van der Waals surface area contributed by atoms with E-state index in [1.54, 1.807) is 19.2 Å². The number of amides is 1. The molecule has 0 aliphatic carbocycles. The van der Waals surface area contributed by atoms with Gasteiger partial charge in [0.15, 0.2) is 11.5 Å². The zero-order valence-corrected chi connectivity index (χ0v) is 20.1. The maximum atomic E-state index is 12.7. The summed E-state index contributed by atoms with van der Waals surface area (Å²) in [4.78, 5) is 19.5. The lowest BCUT2D eigenvalue weighted by molar-refractivity contribution is -0.127. The number of para-hydroxylation sites is 2. The molecule has 0 spiro atoms. The molecule has 1 fully saturated rings. The first kappa shape index (κ1) is 24.0. The molecule has 34 heavy (non-hydrogen) atoms. The summed E-state index contributed by atoms with van der Waals surface area (Å²) in [6.07, 6.45) is 1.56. The molecule has 4 rings (SSSR count). The van der Waals surface area contributed by atoms with Crippen molar-refractivity contribution in [3.63, 3.8) is 0 Å². The number of hydrogen-bond acceptors (Lipinski definition) is 7. The fourth-order valence-electron chi connectivity index (χ4n) is 3.94. The van der Waals surface area contributed by atoms with Crippen LogP contribution >= 0.6 is 11.6 Å². The number of nitrogens with one attached hydrogen (secondary N) is 1. The van der Waals surface area contributed by atoms with E-state index in [-0.39, 0.29) is 17.9 Å². The van der Waals surface area contributed by atoms with Crippen LogP contribution in [-0.2, 0) is 11.3 Å². The fraction of sp³-hybridized carbons (Fsp3) is 0.400. The number of benzene rings is 2. The van der Waals surface area contributed by atoms with Crippen LogP contribution in [0.25, 0.3) is 11.4 Å². The second-order valence-electron chi connectivity index (χ2n) is 8.44. The Kier molecular flexibility index (Phi) is 8.03. The average Bonchev–Trinajstić information content (AvgIpc) is 3.32. The molecule has 1 amide bonds. The van der Waals surface area contributed by atoms with Gasteiger partial charge in [0.05, 0.1) is 19.7 Å². The Balaban J connectivity index is 1.20. The fourth-order valence-corrected chi connectivity index (χ4v) is 4.06. The number of carbonyl (C=O) groups excluding carboxylic acids is 1. The van der Waals surface area contributed by atoms with Gasteiger partial charge in [-0.05, 0) is 69.3 Å². The highest BCUT2D eigenvalue weighted by atomic mass is 35.5. The lowest BCUT2D eigenvalue weighted by atomic mass is 9.95. The molecule has 1 aliphatic rings. The van der Waals surface area contributed by atoms with Gasteiger partial charge in [-0.1, -0.05) is 28.9 Å². The number of ether oxygens (including phenoxy) is 2. The molecule has 180 valence electrons. The second-order valence-corrected chi connectivity index (χ2v) is 8.88. The number of piperidine rings is 1. The van der Waals surface area contributed by atoms with Crippen molar-refractivity contribution in [1.82, 2.24) is 20.4 Å². The van der Waals surface area contributed by atoms with E-state index in [2.05, 4.69) is 20.4 Å². The van der Waals surface area contributed by atoms with Crippen LogP contribution in [0.15, 0.2) is 53.1 Å². The van der Waals surface area contributed by atoms with E-state index >= 15 is 0 Å². The summed E-state index contributed by atoms with van der Waals surface area (Å²) in [5.74, 6) is 2.51. The first-order chi connectivity index (χ1) is 16.5. The van der Waals surface area contributed by atoms with Gasteiger partial charge >= 0.3 is 0 Å². The van der Waals surface area contributed by atoms with Gasteiger partial charge in [0.25, 0.3) is 0 Å². The lowest BCUT2D eigenvalue weighted by Crippen LogP contribution is -2.44. The quantitative estimate of drug-likeness (QED) is 0.487. The summed E-state index contributed by atoms with van der Waals surface area (Å²) in [7, 11) is 1.61. The molecule has 1 aliphatic heterocycles. The van der Waals surface area contributed by atoms with E-state index in [1.165, 1.54) is 0 Å². The van der Waals surface area contributed by atoms with Gasteiger partial charge in [-0.25, -0.2) is 0 Å². The number of likely N-dealkylation sites (tertiary alicyclic amines) is 1. The van der Waals surface area contributed by atoms with Crippen molar-refractivity contribution in [2.24, 2.45) is 5.92 Å². The summed E-state index contributed by atoms with van der Waals surface area (Å²) in [6.45, 7) is 4.47. The third-order valence-electron chi connectivity index (χ3n) is 5.83. The van der Waals surface area contributed by atoms with Crippen LogP contribution < -0.4 is 14.8 Å². The van der Waals surface area contributed by atoms with Crippen molar-refractivity contribution in [3.05, 3.63) is 59.4 Å². The van der Waals surface area contributed by atoms with Gasteiger partial charge in [0.2, 0.25) is 17.6 Å². The Labute approximate surface area is 204 Å². The van der Waals surface area contributed by atoms with E-state index in [9.17, 15) is 4.79 Å². The zero-order valence-electron chi connectivity index (χ0n) is 19.4. The number of halogens is 1. The predicted molar refractivity (Wildman–Crippen MR) is 129 cm³/mol. The maximum Gasteiger partial charge on any atom is 0.241 e. The Bertz CT molecular complexity index is 1080. The molecule has 3 aromatic rings. The minimum atomic E-state index is -0.111. The van der Waals surface area contributed by atoms with Gasteiger partial charge < -0.3 is 19.3 Å². The third-order valence-corrected chi connectivity index (χ3v) is 6.09. The third kappa shape index (κ3) is 6.27. The van der Waals surface area contributed by atoms with Crippen LogP contribution in [-0.4, -0.2) is 53.8 Å². The van der Waals surface area contributed by atoms with E-state index in [1.807, 2.05) is 43.3 Å². The molecule has 0 radical (unpaired) electrons. The molecular formula is C25H29ClN4O4. The lowest BCUT2D eigenvalue weighted by Gasteiger charge is -2.30. The summed E-state index contributed by atoms with van der Waals surface area (Å²) in [6, 6.07) is 14.7. The number of nitrogens with zero attached hydrogens (tertiary/aromatic N) is 3. The molecule has 0 saturated carbocycles. The topological polar surface area (TPSA) is 89.7 Å². The van der Waals surface area contributed by atoms with Gasteiger partial charge in [-0.2, -0.15) is 4.98 Å². The Morgan fingerprint density at radius 2 is 1.88 bits per heavy atom. The first-order valence-electron chi connectivity index (χ1n) is 11.4. The minimum absolute atomic E-state index is 0.0164. The standard InChI is InChI=1S/C25H29ClN4O4/c1-17(16-33-22-6-4-3-5-21(22)32-2)27-25(31)19-11-13-30(14-12-19)15-23-28-24(29-34-23)18-7-9-20(26)10-8-18/h3-10,17,19H,11-16H2,1-2H3,(H,27,31). The Hall–Kier alpha value is -3.10. The van der Waals surface area contributed by atoms with Crippen LogP contribution in [0.2, 0.25) is 5.02 Å². The SMILES string of the molecule is COc1ccccc1OCC(C)NC(=O)C1CCN(Cc2nc(-c3ccc(Cl)cc3)no2)CC1. The van der Waals surface area contributed by atoms with Gasteiger partial charge in [0, 0.05) is 16.5 Å². The van der Waals surface area contributed by atoms with Gasteiger partial charge in [-0.3, -0.25) is 9.69 Å². The molecule has 8 nitrogen and oxygen atoms in total. The number of carbonyl (C=O) groups is 1. The number of methoxy groups -OCH3 is 1. The predicted octanol–water partition coefficient (Wildman–Crippen LogP) is 4.19. The molecule has 0 bridgehead atoms. The highest BCUT2D eigenvalue weighted by Gasteiger charge is 2.27. The van der Waals surface area contributed by atoms with Crippen LogP contribution in [0.5, 0.6) is 11.5 Å². The van der Waals surface area contributed by atoms with Crippen molar-refractivity contribution in [1.29, 1.82) is 0 Å². The van der Waals surface area contributed by atoms with Crippen molar-refractivity contribution < 1.29 is 18.8 Å². The second kappa shape index (κ2) is 11.4. The molecule has 2 aromatic carbocycles. The molecule has 1 unspecified atom stereocenters. The highest BCUT2D eigenvalue weighted by molar-refractivity contribution is 6.30. The number of aromatic nitrogens is 2. The molecule has 1 atom stereocenters. The van der Waals surface area contributed by atoms with Gasteiger partial charge in [0.1, 0.15) is 6.61 Å². The highest BCUT2D eigenvalue weighted by Crippen LogP contribution is 2.26. The normalized spacial score (nSPS) is 15.6. The maximum absolute atomic E-state index is 12.7. The van der Waals surface area contributed by atoms with E-state index in [0.717, 1.165) is 31.5 Å². The van der Waals surface area contributed by atoms with E-state index in [0.29, 0.717) is 41.4 Å². The minimum Gasteiger partial charge on any atom is -0.493 e. The summed E-state index contributed by atoms with van der Waals surface area (Å²) >= 11 is 5.94. The summed E-state index contributed by atoms with van der Waals surface area (Å²) in [5.41, 5.74) is 0.860. The van der Waals surface area contributed by atoms with Crippen molar-refractivity contribution in [2.75, 3.05) is 26.8 Å². The molecule has 1 saturated heterocycles. The Morgan fingerprint density at radius 3 is 2.59 bits per heavy atom. The van der Waals surface area contributed by atoms with Crippen molar-refractivity contribution in [3.8, 4) is 22.9 Å². The van der Waals surface area contributed by atoms with E-state index < -0.39 is 0 Å². The number of rotatable bonds is 9.